The number of benzene rings is 1. The molecule has 2 heterocycles. The molecule has 1 N–H and O–H groups in total. The van der Waals surface area contributed by atoms with Crippen LogP contribution in [0.4, 0.5) is 0 Å². The van der Waals surface area contributed by atoms with Crippen molar-refractivity contribution in [1.82, 2.24) is 10.3 Å². The first-order valence-electron chi connectivity index (χ1n) is 7.87. The summed E-state index contributed by atoms with van der Waals surface area (Å²) in [4.78, 5) is 4.45. The SMILES string of the molecule is CNC(Cc1ccnc2ccccc12)C1(C)CCCCO1. The minimum atomic E-state index is -0.0720. The summed E-state index contributed by atoms with van der Waals surface area (Å²) in [5.74, 6) is 0. The van der Waals surface area contributed by atoms with Crippen LogP contribution in [0, 0.1) is 0 Å². The van der Waals surface area contributed by atoms with Crippen molar-refractivity contribution in [2.24, 2.45) is 0 Å². The van der Waals surface area contributed by atoms with Gasteiger partial charge < -0.3 is 10.1 Å². The van der Waals surface area contributed by atoms with E-state index in [2.05, 4.69) is 41.5 Å². The molecule has 1 aromatic heterocycles. The van der Waals surface area contributed by atoms with Gasteiger partial charge in [-0.2, -0.15) is 0 Å². The van der Waals surface area contributed by atoms with Crippen LogP contribution in [0.1, 0.15) is 31.7 Å². The van der Waals surface area contributed by atoms with Gasteiger partial charge in [0.05, 0.1) is 11.1 Å². The molecule has 1 fully saturated rings. The molecule has 2 atom stereocenters. The number of hydrogen-bond acceptors (Lipinski definition) is 3. The van der Waals surface area contributed by atoms with Gasteiger partial charge in [0.25, 0.3) is 0 Å². The average molecular weight is 284 g/mol. The lowest BCUT2D eigenvalue weighted by Crippen LogP contribution is -2.52. The highest BCUT2D eigenvalue weighted by molar-refractivity contribution is 5.81. The van der Waals surface area contributed by atoms with Crippen LogP contribution in [-0.2, 0) is 11.2 Å². The zero-order valence-electron chi connectivity index (χ0n) is 12.9. The summed E-state index contributed by atoms with van der Waals surface area (Å²) in [6.07, 6.45) is 6.45. The summed E-state index contributed by atoms with van der Waals surface area (Å²) in [7, 11) is 2.04. The fraction of sp³-hybridized carbons (Fsp3) is 0.500. The van der Waals surface area contributed by atoms with Crippen LogP contribution in [0.25, 0.3) is 10.9 Å². The molecule has 3 heteroatoms. The van der Waals surface area contributed by atoms with Crippen molar-refractivity contribution in [2.45, 2.75) is 44.2 Å². The second-order valence-corrected chi connectivity index (χ2v) is 6.15. The molecule has 1 aromatic carbocycles. The lowest BCUT2D eigenvalue weighted by Gasteiger charge is -2.40. The Kier molecular flexibility index (Phi) is 4.22. The van der Waals surface area contributed by atoms with Gasteiger partial charge in [0.2, 0.25) is 0 Å². The van der Waals surface area contributed by atoms with Gasteiger partial charge in [0.15, 0.2) is 0 Å². The van der Waals surface area contributed by atoms with Gasteiger partial charge >= 0.3 is 0 Å². The van der Waals surface area contributed by atoms with Crippen molar-refractivity contribution in [3.8, 4) is 0 Å². The number of para-hydroxylation sites is 1. The first-order chi connectivity index (χ1) is 10.2. The molecule has 3 rings (SSSR count). The van der Waals surface area contributed by atoms with E-state index < -0.39 is 0 Å². The lowest BCUT2D eigenvalue weighted by atomic mass is 9.84. The number of hydrogen-bond donors (Lipinski definition) is 1. The molecule has 1 aliphatic rings. The third-order valence-corrected chi connectivity index (χ3v) is 4.75. The summed E-state index contributed by atoms with van der Waals surface area (Å²) in [6, 6.07) is 10.8. The molecule has 2 unspecified atom stereocenters. The van der Waals surface area contributed by atoms with Crippen LogP contribution in [0.3, 0.4) is 0 Å². The summed E-state index contributed by atoms with van der Waals surface area (Å²) in [5, 5.41) is 4.73. The van der Waals surface area contributed by atoms with Crippen molar-refractivity contribution in [3.05, 3.63) is 42.1 Å². The van der Waals surface area contributed by atoms with Gasteiger partial charge in [0, 0.05) is 24.2 Å². The molecule has 0 aliphatic carbocycles. The second kappa shape index (κ2) is 6.12. The topological polar surface area (TPSA) is 34.2 Å². The molecule has 0 radical (unpaired) electrons. The zero-order valence-corrected chi connectivity index (χ0v) is 12.9. The highest BCUT2D eigenvalue weighted by atomic mass is 16.5. The van der Waals surface area contributed by atoms with E-state index in [9.17, 15) is 0 Å². The molecular weight excluding hydrogens is 260 g/mol. The number of nitrogens with one attached hydrogen (secondary N) is 1. The van der Waals surface area contributed by atoms with E-state index in [4.69, 9.17) is 4.74 Å². The molecular formula is C18H24N2O. The number of fused-ring (bicyclic) bond motifs is 1. The van der Waals surface area contributed by atoms with E-state index in [1.165, 1.54) is 23.8 Å². The van der Waals surface area contributed by atoms with Crippen molar-refractivity contribution in [2.75, 3.05) is 13.7 Å². The molecule has 21 heavy (non-hydrogen) atoms. The van der Waals surface area contributed by atoms with Crippen LogP contribution >= 0.6 is 0 Å². The number of ether oxygens (including phenoxy) is 1. The van der Waals surface area contributed by atoms with E-state index in [0.717, 1.165) is 25.0 Å². The molecule has 0 bridgehead atoms. The van der Waals surface area contributed by atoms with Crippen molar-refractivity contribution >= 4 is 10.9 Å². The number of aromatic nitrogens is 1. The first-order valence-corrected chi connectivity index (χ1v) is 7.87. The van der Waals surface area contributed by atoms with Crippen LogP contribution in [0.2, 0.25) is 0 Å². The number of rotatable bonds is 4. The van der Waals surface area contributed by atoms with Crippen molar-refractivity contribution < 1.29 is 4.74 Å². The Labute approximate surface area is 126 Å². The molecule has 3 nitrogen and oxygen atoms in total. The van der Waals surface area contributed by atoms with E-state index >= 15 is 0 Å². The Balaban J connectivity index is 1.89. The molecule has 0 spiro atoms. The summed E-state index contributed by atoms with van der Waals surface area (Å²) in [6.45, 7) is 3.13. The molecule has 1 saturated heterocycles. The van der Waals surface area contributed by atoms with Crippen LogP contribution in [0.15, 0.2) is 36.5 Å². The molecule has 0 saturated carbocycles. The lowest BCUT2D eigenvalue weighted by molar-refractivity contribution is -0.0870. The minimum absolute atomic E-state index is 0.0720. The predicted octanol–water partition coefficient (Wildman–Crippen LogP) is 3.32. The van der Waals surface area contributed by atoms with E-state index in [1.54, 1.807) is 0 Å². The molecule has 2 aromatic rings. The molecule has 0 amide bonds. The molecule has 112 valence electrons. The fourth-order valence-electron chi connectivity index (χ4n) is 3.41. The maximum absolute atomic E-state index is 6.12. The smallest absolute Gasteiger partial charge is 0.0809 e. The number of nitrogens with zero attached hydrogens (tertiary/aromatic N) is 1. The number of pyridine rings is 1. The predicted molar refractivity (Wildman–Crippen MR) is 86.5 cm³/mol. The third kappa shape index (κ3) is 2.94. The zero-order chi connectivity index (χ0) is 14.7. The standard InChI is InChI=1S/C18H24N2O/c1-18(10-5-6-12-21-18)17(19-2)13-14-9-11-20-16-8-4-3-7-15(14)16/h3-4,7-9,11,17,19H,5-6,10,12-13H2,1-2H3. The van der Waals surface area contributed by atoms with Gasteiger partial charge in [-0.05, 0) is 57.4 Å². The highest BCUT2D eigenvalue weighted by Crippen LogP contribution is 2.30. The van der Waals surface area contributed by atoms with Crippen LogP contribution in [0.5, 0.6) is 0 Å². The minimum Gasteiger partial charge on any atom is -0.374 e. The Bertz CT molecular complexity index is 600. The quantitative estimate of drug-likeness (QED) is 0.935. The Morgan fingerprint density at radius 3 is 2.90 bits per heavy atom. The first kappa shape index (κ1) is 14.5. The fourth-order valence-corrected chi connectivity index (χ4v) is 3.41. The van der Waals surface area contributed by atoms with Crippen molar-refractivity contribution in [1.29, 1.82) is 0 Å². The van der Waals surface area contributed by atoms with Gasteiger partial charge in [-0.3, -0.25) is 4.98 Å². The van der Waals surface area contributed by atoms with Gasteiger partial charge in [-0.1, -0.05) is 18.2 Å². The Hall–Kier alpha value is -1.45. The van der Waals surface area contributed by atoms with Gasteiger partial charge in [-0.15, -0.1) is 0 Å². The summed E-state index contributed by atoms with van der Waals surface area (Å²) in [5.41, 5.74) is 2.34. The second-order valence-electron chi connectivity index (χ2n) is 6.15. The van der Waals surface area contributed by atoms with Crippen molar-refractivity contribution in [3.63, 3.8) is 0 Å². The van der Waals surface area contributed by atoms with Crippen LogP contribution < -0.4 is 5.32 Å². The molecule has 1 aliphatic heterocycles. The van der Waals surface area contributed by atoms with E-state index in [-0.39, 0.29) is 5.60 Å². The average Bonchev–Trinajstić information content (AvgIpc) is 2.53. The summed E-state index contributed by atoms with van der Waals surface area (Å²) < 4.78 is 6.12. The maximum atomic E-state index is 6.12. The Morgan fingerprint density at radius 1 is 1.29 bits per heavy atom. The van der Waals surface area contributed by atoms with Gasteiger partial charge in [-0.25, -0.2) is 0 Å². The van der Waals surface area contributed by atoms with E-state index in [1.807, 2.05) is 19.3 Å². The highest BCUT2D eigenvalue weighted by Gasteiger charge is 2.36. The van der Waals surface area contributed by atoms with Crippen LogP contribution in [-0.4, -0.2) is 30.3 Å². The van der Waals surface area contributed by atoms with E-state index in [0.29, 0.717) is 6.04 Å². The monoisotopic (exact) mass is 284 g/mol. The van der Waals surface area contributed by atoms with Gasteiger partial charge in [0.1, 0.15) is 0 Å². The third-order valence-electron chi connectivity index (χ3n) is 4.75. The Morgan fingerprint density at radius 2 is 2.14 bits per heavy atom. The number of likely N-dealkylation sites (N-methyl/N-ethyl adjacent to an activating group) is 1. The summed E-state index contributed by atoms with van der Waals surface area (Å²) >= 11 is 0. The maximum Gasteiger partial charge on any atom is 0.0809 e. The largest absolute Gasteiger partial charge is 0.374 e. The normalized spacial score (nSPS) is 24.1.